The van der Waals surface area contributed by atoms with Gasteiger partial charge in [-0.3, -0.25) is 14.9 Å². The summed E-state index contributed by atoms with van der Waals surface area (Å²) in [7, 11) is 0. The number of nitrogens with zero attached hydrogens (tertiary/aromatic N) is 3. The molecular weight excluding hydrogens is 457 g/mol. The van der Waals surface area contributed by atoms with Gasteiger partial charge in [0.25, 0.3) is 11.8 Å². The third kappa shape index (κ3) is 5.01. The molecule has 0 radical (unpaired) electrons. The normalized spacial score (nSPS) is 11.3. The molecule has 2 aromatic carbocycles. The fraction of sp³-hybridized carbons (Fsp3) is 0.208. The van der Waals surface area contributed by atoms with Crippen LogP contribution in [0.3, 0.4) is 0 Å². The molecule has 0 spiro atoms. The molecule has 0 aliphatic rings. The second-order valence-corrected chi connectivity index (χ2v) is 9.44. The van der Waals surface area contributed by atoms with Gasteiger partial charge in [-0.05, 0) is 30.3 Å². The van der Waals surface area contributed by atoms with Crippen molar-refractivity contribution in [3.8, 4) is 22.7 Å². The molecule has 0 atom stereocenters. The van der Waals surface area contributed by atoms with Crippen LogP contribution in [0.1, 0.15) is 43.9 Å². The first kappa shape index (κ1) is 23.2. The van der Waals surface area contributed by atoms with Gasteiger partial charge < -0.3 is 9.84 Å². The van der Waals surface area contributed by atoms with Crippen molar-refractivity contribution in [3.63, 3.8) is 0 Å². The lowest BCUT2D eigenvalue weighted by Gasteiger charge is -2.11. The standard InChI is InChI=1S/C24H22FN5O3S/c1-13(31)26-14-9-10-17(18(25)11-14)19-12-34-23(27-19)28-20(32)15-7-5-6-8-16(15)21-29-22(30-33-21)24(2,3)4/h5-12H,1-4H3,(H,26,31)(H,27,28,32). The van der Waals surface area contributed by atoms with E-state index in [4.69, 9.17) is 4.52 Å². The maximum absolute atomic E-state index is 14.6. The largest absolute Gasteiger partial charge is 0.334 e. The summed E-state index contributed by atoms with van der Waals surface area (Å²) >= 11 is 1.17. The van der Waals surface area contributed by atoms with Crippen molar-refractivity contribution >= 4 is 34.0 Å². The summed E-state index contributed by atoms with van der Waals surface area (Å²) < 4.78 is 20.0. The fourth-order valence-electron chi connectivity index (χ4n) is 3.13. The third-order valence-corrected chi connectivity index (χ3v) is 5.55. The Morgan fingerprint density at radius 1 is 1.03 bits per heavy atom. The zero-order valence-corrected chi connectivity index (χ0v) is 19.8. The summed E-state index contributed by atoms with van der Waals surface area (Å²) in [5.41, 5.74) is 1.52. The maximum atomic E-state index is 14.6. The van der Waals surface area contributed by atoms with Gasteiger partial charge in [0.05, 0.1) is 16.8 Å². The molecule has 10 heteroatoms. The number of hydrogen-bond acceptors (Lipinski definition) is 7. The molecule has 0 saturated carbocycles. The van der Waals surface area contributed by atoms with E-state index in [-0.39, 0.29) is 22.8 Å². The Labute approximate surface area is 199 Å². The van der Waals surface area contributed by atoms with Gasteiger partial charge in [0.1, 0.15) is 5.82 Å². The lowest BCUT2D eigenvalue weighted by molar-refractivity contribution is -0.114. The SMILES string of the molecule is CC(=O)Nc1ccc(-c2csc(NC(=O)c3ccccc3-c3nc(C(C)(C)C)no3)n2)c(F)c1. The summed E-state index contributed by atoms with van der Waals surface area (Å²) in [6.07, 6.45) is 0. The summed E-state index contributed by atoms with van der Waals surface area (Å²) in [5.74, 6) is -0.453. The van der Waals surface area contributed by atoms with Crippen molar-refractivity contribution in [1.82, 2.24) is 15.1 Å². The Bertz CT molecular complexity index is 1370. The van der Waals surface area contributed by atoms with Crippen LogP contribution < -0.4 is 10.6 Å². The van der Waals surface area contributed by atoms with Gasteiger partial charge in [-0.15, -0.1) is 11.3 Å². The highest BCUT2D eigenvalue weighted by Crippen LogP contribution is 2.30. The van der Waals surface area contributed by atoms with E-state index in [9.17, 15) is 14.0 Å². The van der Waals surface area contributed by atoms with E-state index >= 15 is 0 Å². The molecule has 2 aromatic heterocycles. The Morgan fingerprint density at radius 2 is 1.79 bits per heavy atom. The van der Waals surface area contributed by atoms with Crippen molar-refractivity contribution in [3.05, 3.63) is 65.0 Å². The maximum Gasteiger partial charge on any atom is 0.258 e. The number of rotatable bonds is 5. The van der Waals surface area contributed by atoms with Crippen LogP contribution >= 0.6 is 11.3 Å². The molecular formula is C24H22FN5O3S. The van der Waals surface area contributed by atoms with Crippen molar-refractivity contribution in [2.45, 2.75) is 33.1 Å². The lowest BCUT2D eigenvalue weighted by Crippen LogP contribution is -2.14. The predicted molar refractivity (Wildman–Crippen MR) is 128 cm³/mol. The second kappa shape index (κ2) is 9.14. The molecule has 174 valence electrons. The lowest BCUT2D eigenvalue weighted by atomic mass is 9.96. The number of amides is 2. The van der Waals surface area contributed by atoms with E-state index in [1.807, 2.05) is 20.8 Å². The van der Waals surface area contributed by atoms with Gasteiger partial charge in [-0.2, -0.15) is 4.98 Å². The van der Waals surface area contributed by atoms with Crippen LogP contribution in [-0.2, 0) is 10.2 Å². The zero-order valence-electron chi connectivity index (χ0n) is 19.0. The first-order chi connectivity index (χ1) is 16.1. The van der Waals surface area contributed by atoms with Crippen LogP contribution in [0.15, 0.2) is 52.4 Å². The molecule has 0 aliphatic heterocycles. The summed E-state index contributed by atoms with van der Waals surface area (Å²) in [6.45, 7) is 7.25. The third-order valence-electron chi connectivity index (χ3n) is 4.79. The first-order valence-corrected chi connectivity index (χ1v) is 11.3. The molecule has 4 rings (SSSR count). The number of aromatic nitrogens is 3. The average Bonchev–Trinajstić information content (AvgIpc) is 3.43. The van der Waals surface area contributed by atoms with Gasteiger partial charge in [-0.1, -0.05) is 38.1 Å². The van der Waals surface area contributed by atoms with Crippen LogP contribution in [0.5, 0.6) is 0 Å². The van der Waals surface area contributed by atoms with Crippen LogP contribution in [0.4, 0.5) is 15.2 Å². The molecule has 0 unspecified atom stereocenters. The first-order valence-electron chi connectivity index (χ1n) is 10.4. The highest BCUT2D eigenvalue weighted by Gasteiger charge is 2.24. The molecule has 0 bridgehead atoms. The average molecular weight is 480 g/mol. The Morgan fingerprint density at radius 3 is 2.47 bits per heavy atom. The quantitative estimate of drug-likeness (QED) is 0.391. The number of thiazole rings is 1. The molecule has 34 heavy (non-hydrogen) atoms. The van der Waals surface area contributed by atoms with Crippen molar-refractivity contribution in [2.24, 2.45) is 0 Å². The number of anilines is 2. The van der Waals surface area contributed by atoms with Crippen LogP contribution in [0, 0.1) is 5.82 Å². The van der Waals surface area contributed by atoms with Gasteiger partial charge in [0.2, 0.25) is 5.91 Å². The van der Waals surface area contributed by atoms with E-state index in [1.165, 1.54) is 30.4 Å². The number of carbonyl (C=O) groups is 2. The minimum absolute atomic E-state index is 0.247. The Balaban J connectivity index is 1.55. The van der Waals surface area contributed by atoms with Crippen molar-refractivity contribution in [1.29, 1.82) is 0 Å². The minimum atomic E-state index is -0.536. The van der Waals surface area contributed by atoms with Gasteiger partial charge in [-0.25, -0.2) is 9.37 Å². The van der Waals surface area contributed by atoms with Crippen molar-refractivity contribution in [2.75, 3.05) is 10.6 Å². The monoisotopic (exact) mass is 479 g/mol. The van der Waals surface area contributed by atoms with E-state index < -0.39 is 11.7 Å². The smallest absolute Gasteiger partial charge is 0.258 e. The number of carbonyl (C=O) groups excluding carboxylic acids is 2. The molecule has 2 N–H and O–H groups in total. The molecule has 2 amide bonds. The van der Waals surface area contributed by atoms with Gasteiger partial charge in [0, 0.05) is 29.0 Å². The van der Waals surface area contributed by atoms with E-state index in [1.54, 1.807) is 35.7 Å². The predicted octanol–water partition coefficient (Wildman–Crippen LogP) is 5.51. The number of benzene rings is 2. The second-order valence-electron chi connectivity index (χ2n) is 8.59. The molecule has 8 nitrogen and oxygen atoms in total. The number of halogens is 1. The summed E-state index contributed by atoms with van der Waals surface area (Å²) in [4.78, 5) is 33.0. The summed E-state index contributed by atoms with van der Waals surface area (Å²) in [6, 6.07) is 11.2. The molecule has 2 heterocycles. The summed E-state index contributed by atoms with van der Waals surface area (Å²) in [5, 5.41) is 11.3. The Hall–Kier alpha value is -3.92. The highest BCUT2D eigenvalue weighted by atomic mass is 32.1. The Kier molecular flexibility index (Phi) is 6.25. The van der Waals surface area contributed by atoms with Crippen LogP contribution in [0.2, 0.25) is 0 Å². The van der Waals surface area contributed by atoms with E-state index in [2.05, 4.69) is 25.8 Å². The van der Waals surface area contributed by atoms with Gasteiger partial charge >= 0.3 is 0 Å². The molecule has 0 fully saturated rings. The minimum Gasteiger partial charge on any atom is -0.334 e. The zero-order chi connectivity index (χ0) is 24.5. The van der Waals surface area contributed by atoms with E-state index in [0.29, 0.717) is 33.5 Å². The van der Waals surface area contributed by atoms with Crippen LogP contribution in [-0.4, -0.2) is 26.9 Å². The molecule has 0 aliphatic carbocycles. The topological polar surface area (TPSA) is 110 Å². The molecule has 4 aromatic rings. The van der Waals surface area contributed by atoms with E-state index in [0.717, 1.165) is 0 Å². The van der Waals surface area contributed by atoms with Crippen LogP contribution in [0.25, 0.3) is 22.7 Å². The highest BCUT2D eigenvalue weighted by molar-refractivity contribution is 7.14. The number of nitrogens with one attached hydrogen (secondary N) is 2. The van der Waals surface area contributed by atoms with Gasteiger partial charge in [0.15, 0.2) is 11.0 Å². The van der Waals surface area contributed by atoms with Crippen molar-refractivity contribution < 1.29 is 18.5 Å². The fourth-order valence-corrected chi connectivity index (χ4v) is 3.83. The number of hydrogen-bond donors (Lipinski definition) is 2. The molecule has 0 saturated heterocycles.